The second-order valence-corrected chi connectivity index (χ2v) is 15.2. The zero-order chi connectivity index (χ0) is 31.4. The lowest BCUT2D eigenvalue weighted by Crippen LogP contribution is -2.27. The first-order chi connectivity index (χ1) is 17.8. The number of fused-ring (bicyclic) bond motifs is 1. The number of aromatic nitrogens is 1. The van der Waals surface area contributed by atoms with Crippen LogP contribution in [-0.2, 0) is 15.6 Å². The molecule has 0 radical (unpaired) electrons. The first-order valence-electron chi connectivity index (χ1n) is 12.6. The van der Waals surface area contributed by atoms with E-state index in [9.17, 15) is 24.3 Å². The molecule has 0 aromatic carbocycles. The highest BCUT2D eigenvalue weighted by Gasteiger charge is 2.25. The Labute approximate surface area is 242 Å². The number of thiophene rings is 2. The quantitative estimate of drug-likeness (QED) is 0.253. The first-order valence-corrected chi connectivity index (χ1v) is 14.2. The van der Waals surface area contributed by atoms with Crippen molar-refractivity contribution in [3.8, 4) is 0 Å². The van der Waals surface area contributed by atoms with Gasteiger partial charge in [-0.1, -0.05) is 41.5 Å². The van der Waals surface area contributed by atoms with E-state index in [1.165, 1.54) is 22.7 Å². The molecule has 0 spiro atoms. The number of ether oxygens (including phenoxy) is 1. The van der Waals surface area contributed by atoms with Gasteiger partial charge in [-0.15, -0.1) is 22.7 Å². The fraction of sp³-hybridized carbons (Fsp3) is 0.571. The molecule has 3 rings (SSSR count). The van der Waals surface area contributed by atoms with Gasteiger partial charge >= 0.3 is 23.4 Å². The summed E-state index contributed by atoms with van der Waals surface area (Å²) in [6.45, 7) is 22.6. The molecule has 0 aliphatic heterocycles. The number of rotatable bonds is 2. The number of carboxylic acid groups (broad SMARTS) is 1. The standard InChI is InChI=1S/C14H21NO4S.C10H11NO3S.C4H10O/c1-13(2,3)9-7-8(11(16)17)10(20-9)15-12(18)19-14(4,5)6;1-10(2,3)6-4-5-7(15-6)11-9(13)14-8(5)12;1-4(2,3)5/h7H,1-6H3,(H,15,18)(H,16,17);4H,1-3H3,(H,11,13);5H,1-3H3. The number of aromatic carboxylic acids is 1. The summed E-state index contributed by atoms with van der Waals surface area (Å²) in [5, 5.41) is 21.0. The van der Waals surface area contributed by atoms with Gasteiger partial charge in [0.05, 0.1) is 16.6 Å². The monoisotopic (exact) mass is 598 g/mol. The van der Waals surface area contributed by atoms with Crippen LogP contribution in [0, 0.1) is 0 Å². The van der Waals surface area contributed by atoms with Crippen LogP contribution in [-0.4, -0.2) is 38.5 Å². The van der Waals surface area contributed by atoms with Gasteiger partial charge in [-0.2, -0.15) is 0 Å². The van der Waals surface area contributed by atoms with Crippen molar-refractivity contribution in [2.24, 2.45) is 0 Å². The number of aliphatic hydroxyl groups is 1. The molecule has 0 unspecified atom stereocenters. The molecule has 0 bridgehead atoms. The van der Waals surface area contributed by atoms with Crippen molar-refractivity contribution in [2.45, 2.75) is 105 Å². The predicted octanol–water partition coefficient (Wildman–Crippen LogP) is 6.71. The largest absolute Gasteiger partial charge is 0.478 e. The molecule has 0 saturated heterocycles. The molecule has 0 atom stereocenters. The number of carboxylic acids is 1. The summed E-state index contributed by atoms with van der Waals surface area (Å²) in [4.78, 5) is 50.3. The predicted molar refractivity (Wildman–Crippen MR) is 161 cm³/mol. The maximum Gasteiger partial charge on any atom is 0.420 e. The van der Waals surface area contributed by atoms with Crippen molar-refractivity contribution in [1.82, 2.24) is 4.98 Å². The molecule has 0 aliphatic carbocycles. The molecule has 224 valence electrons. The van der Waals surface area contributed by atoms with Gasteiger partial charge in [0, 0.05) is 9.75 Å². The Morgan fingerprint density at radius 1 is 0.875 bits per heavy atom. The molecule has 3 heterocycles. The van der Waals surface area contributed by atoms with E-state index in [2.05, 4.69) is 35.5 Å². The highest BCUT2D eigenvalue weighted by molar-refractivity contribution is 7.18. The maximum absolute atomic E-state index is 11.7. The smallest absolute Gasteiger partial charge is 0.420 e. The minimum atomic E-state index is -1.07. The fourth-order valence-corrected chi connectivity index (χ4v) is 4.85. The van der Waals surface area contributed by atoms with E-state index in [4.69, 9.17) is 9.84 Å². The van der Waals surface area contributed by atoms with Gasteiger partial charge < -0.3 is 19.4 Å². The number of hydrogen-bond donors (Lipinski definition) is 4. The van der Waals surface area contributed by atoms with Gasteiger partial charge in [0.2, 0.25) is 0 Å². The van der Waals surface area contributed by atoms with Crippen LogP contribution in [0.3, 0.4) is 0 Å². The van der Waals surface area contributed by atoms with Crippen LogP contribution in [0.1, 0.15) is 103 Å². The summed E-state index contributed by atoms with van der Waals surface area (Å²) in [5.41, 5.74) is -1.82. The Kier molecular flexibility index (Phi) is 11.1. The van der Waals surface area contributed by atoms with E-state index in [1.54, 1.807) is 53.7 Å². The van der Waals surface area contributed by atoms with Crippen molar-refractivity contribution in [1.29, 1.82) is 0 Å². The molecule has 0 fully saturated rings. The van der Waals surface area contributed by atoms with E-state index in [0.29, 0.717) is 15.2 Å². The number of carbonyl (C=O) groups is 2. The maximum atomic E-state index is 11.7. The van der Waals surface area contributed by atoms with Crippen molar-refractivity contribution >= 4 is 50.0 Å². The van der Waals surface area contributed by atoms with E-state index in [0.717, 1.165) is 9.75 Å². The minimum Gasteiger partial charge on any atom is -0.478 e. The zero-order valence-electron chi connectivity index (χ0n) is 25.3. The second-order valence-electron chi connectivity index (χ2n) is 13.1. The average Bonchev–Trinajstić information content (AvgIpc) is 3.29. The van der Waals surface area contributed by atoms with Gasteiger partial charge in [0.1, 0.15) is 15.4 Å². The number of amides is 1. The van der Waals surface area contributed by atoms with E-state index >= 15 is 0 Å². The van der Waals surface area contributed by atoms with E-state index in [1.807, 2.05) is 20.8 Å². The summed E-state index contributed by atoms with van der Waals surface area (Å²) < 4.78 is 9.59. The van der Waals surface area contributed by atoms with Crippen LogP contribution < -0.4 is 16.7 Å². The Balaban J connectivity index is 0.000000351. The molecule has 0 aliphatic rings. The summed E-state index contributed by atoms with van der Waals surface area (Å²) in [6, 6.07) is 3.38. The normalized spacial score (nSPS) is 12.1. The third-order valence-corrected chi connectivity index (χ3v) is 7.36. The average molecular weight is 599 g/mol. The third-order valence-electron chi connectivity index (χ3n) is 4.41. The van der Waals surface area contributed by atoms with Crippen LogP contribution in [0.2, 0.25) is 0 Å². The summed E-state index contributed by atoms with van der Waals surface area (Å²) >= 11 is 2.67. The highest BCUT2D eigenvalue weighted by Crippen LogP contribution is 2.36. The zero-order valence-corrected chi connectivity index (χ0v) is 26.9. The molecular weight excluding hydrogens is 556 g/mol. The lowest BCUT2D eigenvalue weighted by Gasteiger charge is -2.19. The Morgan fingerprint density at radius 3 is 1.77 bits per heavy atom. The highest BCUT2D eigenvalue weighted by atomic mass is 32.1. The number of anilines is 1. The van der Waals surface area contributed by atoms with Crippen LogP contribution in [0.25, 0.3) is 10.2 Å². The first kappa shape index (κ1) is 35.1. The van der Waals surface area contributed by atoms with Gasteiger partial charge in [0.25, 0.3) is 0 Å². The Morgan fingerprint density at radius 2 is 1.35 bits per heavy atom. The fourth-order valence-electron chi connectivity index (χ4n) is 2.67. The SMILES string of the molecule is CC(C)(C)O.CC(C)(C)OC(=O)Nc1sc(C(C)(C)C)cc1C(=O)O.CC(C)(C)c1cc2c(=O)oc(=O)[nH]c2s1. The van der Waals surface area contributed by atoms with Gasteiger partial charge in [-0.25, -0.2) is 19.2 Å². The van der Waals surface area contributed by atoms with Gasteiger partial charge in [0.15, 0.2) is 0 Å². The lowest BCUT2D eigenvalue weighted by molar-refractivity contribution is 0.0636. The molecule has 40 heavy (non-hydrogen) atoms. The minimum absolute atomic E-state index is 0.0347. The topological polar surface area (TPSA) is 159 Å². The van der Waals surface area contributed by atoms with Gasteiger partial charge in [-0.05, 0) is 64.5 Å². The van der Waals surface area contributed by atoms with E-state index < -0.39 is 34.6 Å². The van der Waals surface area contributed by atoms with Crippen molar-refractivity contribution in [2.75, 3.05) is 5.32 Å². The second kappa shape index (κ2) is 12.7. The van der Waals surface area contributed by atoms with Crippen molar-refractivity contribution in [3.63, 3.8) is 0 Å². The number of aromatic amines is 1. The van der Waals surface area contributed by atoms with Crippen LogP contribution in [0.4, 0.5) is 9.80 Å². The molecule has 4 N–H and O–H groups in total. The number of nitrogens with one attached hydrogen (secondary N) is 2. The van der Waals surface area contributed by atoms with Gasteiger partial charge in [-0.3, -0.25) is 10.3 Å². The van der Waals surface area contributed by atoms with Crippen LogP contribution >= 0.6 is 22.7 Å². The number of carbonyl (C=O) groups excluding carboxylic acids is 1. The van der Waals surface area contributed by atoms with E-state index in [-0.39, 0.29) is 16.4 Å². The summed E-state index contributed by atoms with van der Waals surface area (Å²) in [5.74, 6) is -1.77. The molecule has 0 saturated carbocycles. The third kappa shape index (κ3) is 12.1. The van der Waals surface area contributed by atoms with Crippen molar-refractivity contribution in [3.05, 3.63) is 48.4 Å². The molecule has 1 amide bonds. The van der Waals surface area contributed by atoms with Crippen LogP contribution in [0.5, 0.6) is 0 Å². The lowest BCUT2D eigenvalue weighted by atomic mass is 9.94. The molecule has 3 aromatic heterocycles. The summed E-state index contributed by atoms with van der Waals surface area (Å²) in [7, 11) is 0. The Hall–Kier alpha value is -2.96. The molecule has 10 nitrogen and oxygen atoms in total. The molecular formula is C28H42N2O8S2. The number of H-pyrrole nitrogens is 1. The number of hydrogen-bond acceptors (Lipinski definition) is 9. The molecule has 3 aromatic rings. The Bertz CT molecular complexity index is 1430. The molecule has 12 heteroatoms. The van der Waals surface area contributed by atoms with Crippen LogP contribution in [0.15, 0.2) is 26.1 Å². The van der Waals surface area contributed by atoms with Crippen molar-refractivity contribution < 1.29 is 29.0 Å². The summed E-state index contributed by atoms with van der Waals surface area (Å²) in [6.07, 6.45) is -0.651.